The van der Waals surface area contributed by atoms with Gasteiger partial charge in [-0.2, -0.15) is 0 Å². The molecule has 3 aromatic heterocycles. The van der Waals surface area contributed by atoms with Crippen LogP contribution >= 0.6 is 34.7 Å². The van der Waals surface area contributed by atoms with E-state index in [0.717, 1.165) is 21.9 Å². The number of aromatic nitrogens is 3. The second-order valence-electron chi connectivity index (χ2n) is 3.81. The minimum atomic E-state index is 0.523. The molecule has 0 aliphatic carbocycles. The van der Waals surface area contributed by atoms with E-state index in [4.69, 9.17) is 16.3 Å². The lowest BCUT2D eigenvalue weighted by atomic mass is 10.3. The fourth-order valence-electron chi connectivity index (χ4n) is 1.63. The van der Waals surface area contributed by atoms with Gasteiger partial charge in [-0.1, -0.05) is 23.4 Å². The summed E-state index contributed by atoms with van der Waals surface area (Å²) >= 11 is 9.19. The molecule has 0 spiro atoms. The molecule has 0 amide bonds. The van der Waals surface area contributed by atoms with E-state index in [0.29, 0.717) is 16.5 Å². The van der Waals surface area contributed by atoms with Crippen LogP contribution in [0.4, 0.5) is 0 Å². The number of ether oxygens (including phenoxy) is 1. The Balaban J connectivity index is 1.73. The molecule has 4 nitrogen and oxygen atoms in total. The molecule has 1 N–H and O–H groups in total. The normalized spacial score (nSPS) is 11.1. The number of nitrogens with one attached hydrogen (secondary N) is 1. The van der Waals surface area contributed by atoms with Crippen LogP contribution in [0, 0.1) is 0 Å². The van der Waals surface area contributed by atoms with E-state index >= 15 is 0 Å². The first-order valence-electron chi connectivity index (χ1n) is 5.49. The van der Waals surface area contributed by atoms with E-state index in [1.165, 1.54) is 0 Å². The molecule has 0 saturated carbocycles. The van der Waals surface area contributed by atoms with E-state index in [2.05, 4.69) is 20.3 Å². The van der Waals surface area contributed by atoms with Gasteiger partial charge >= 0.3 is 0 Å². The molecular weight excluding hydrogens is 302 g/mol. The number of thioether (sulfide) groups is 1. The van der Waals surface area contributed by atoms with Crippen molar-refractivity contribution < 1.29 is 4.74 Å². The highest BCUT2D eigenvalue weighted by Gasteiger charge is 2.07. The third kappa shape index (κ3) is 2.70. The number of pyridine rings is 1. The Morgan fingerprint density at radius 3 is 3.16 bits per heavy atom. The molecule has 0 fully saturated rings. The van der Waals surface area contributed by atoms with Crippen LogP contribution in [0.3, 0.4) is 0 Å². The predicted octanol–water partition coefficient (Wildman–Crippen LogP) is 3.97. The van der Waals surface area contributed by atoms with Crippen LogP contribution in [0.1, 0.15) is 5.69 Å². The van der Waals surface area contributed by atoms with Gasteiger partial charge in [0.1, 0.15) is 16.3 Å². The molecule has 0 aliphatic rings. The lowest BCUT2D eigenvalue weighted by Gasteiger charge is -2.04. The first-order valence-corrected chi connectivity index (χ1v) is 7.80. The maximum atomic E-state index is 5.94. The van der Waals surface area contributed by atoms with Crippen LogP contribution < -0.4 is 4.74 Å². The van der Waals surface area contributed by atoms with Gasteiger partial charge in [-0.25, -0.2) is 4.98 Å². The van der Waals surface area contributed by atoms with Crippen molar-refractivity contribution in [3.05, 3.63) is 33.7 Å². The number of hydrogen-bond acceptors (Lipinski definition) is 5. The number of nitrogens with zero attached hydrogens (tertiary/aromatic N) is 2. The molecule has 3 heterocycles. The summed E-state index contributed by atoms with van der Waals surface area (Å²) < 4.78 is 5.17. The molecule has 0 saturated heterocycles. The van der Waals surface area contributed by atoms with Crippen molar-refractivity contribution in [2.24, 2.45) is 0 Å². The Kier molecular flexibility index (Phi) is 3.63. The van der Waals surface area contributed by atoms with Crippen LogP contribution in [0.15, 0.2) is 28.2 Å². The quantitative estimate of drug-likeness (QED) is 0.741. The zero-order valence-corrected chi connectivity index (χ0v) is 12.4. The molecule has 7 heteroatoms. The van der Waals surface area contributed by atoms with Crippen molar-refractivity contribution in [2.75, 3.05) is 7.11 Å². The number of rotatable bonds is 4. The number of fused-ring (bicyclic) bond motifs is 1. The molecule has 0 radical (unpaired) electrons. The van der Waals surface area contributed by atoms with E-state index in [1.807, 2.05) is 11.4 Å². The van der Waals surface area contributed by atoms with Gasteiger partial charge in [0, 0.05) is 28.8 Å². The van der Waals surface area contributed by atoms with E-state index < -0.39 is 0 Å². The largest absolute Gasteiger partial charge is 0.495 e. The van der Waals surface area contributed by atoms with E-state index in [1.54, 1.807) is 36.4 Å². The molecule has 3 rings (SSSR count). The van der Waals surface area contributed by atoms with Crippen LogP contribution in [-0.4, -0.2) is 22.1 Å². The Bertz CT molecular complexity index is 681. The van der Waals surface area contributed by atoms with Gasteiger partial charge in [0.2, 0.25) is 0 Å². The highest BCUT2D eigenvalue weighted by Crippen LogP contribution is 2.28. The SMILES string of the molecule is COc1cc(CSc2nc3cscc3[nH]2)ncc1Cl. The Hall–Kier alpha value is -1.24. The number of imidazole rings is 1. The molecule has 3 aromatic rings. The second-order valence-corrected chi connectivity index (χ2v) is 5.93. The molecule has 98 valence electrons. The number of aromatic amines is 1. The third-order valence-corrected chi connectivity index (χ3v) is 4.48. The maximum Gasteiger partial charge on any atom is 0.166 e. The summed E-state index contributed by atoms with van der Waals surface area (Å²) in [7, 11) is 1.60. The smallest absolute Gasteiger partial charge is 0.166 e. The maximum absolute atomic E-state index is 5.94. The zero-order valence-electron chi connectivity index (χ0n) is 10.0. The van der Waals surface area contributed by atoms with Gasteiger partial charge in [0.25, 0.3) is 0 Å². The Morgan fingerprint density at radius 2 is 2.37 bits per heavy atom. The summed E-state index contributed by atoms with van der Waals surface area (Å²) in [6.45, 7) is 0. The van der Waals surface area contributed by atoms with Crippen molar-refractivity contribution in [2.45, 2.75) is 10.9 Å². The average molecular weight is 312 g/mol. The zero-order chi connectivity index (χ0) is 13.2. The monoisotopic (exact) mass is 311 g/mol. The Labute approximate surface area is 123 Å². The standard InChI is InChI=1S/C12H10ClN3OS2/c1-17-11-2-7(14-3-8(11)13)4-19-12-15-9-5-18-6-10(9)16-12/h2-3,5-6H,4H2,1H3,(H,15,16). The highest BCUT2D eigenvalue weighted by molar-refractivity contribution is 7.98. The summed E-state index contributed by atoms with van der Waals surface area (Å²) in [4.78, 5) is 12.0. The average Bonchev–Trinajstić information content (AvgIpc) is 2.98. The lowest BCUT2D eigenvalue weighted by Crippen LogP contribution is -1.91. The van der Waals surface area contributed by atoms with Crippen molar-refractivity contribution >= 4 is 45.7 Å². The summed E-state index contributed by atoms with van der Waals surface area (Å²) in [5.74, 6) is 1.36. The third-order valence-electron chi connectivity index (χ3n) is 2.56. The summed E-state index contributed by atoms with van der Waals surface area (Å²) in [6.07, 6.45) is 1.61. The number of hydrogen-bond donors (Lipinski definition) is 1. The molecule has 0 atom stereocenters. The predicted molar refractivity (Wildman–Crippen MR) is 79.3 cm³/mol. The van der Waals surface area contributed by atoms with Crippen LogP contribution in [0.5, 0.6) is 5.75 Å². The number of H-pyrrole nitrogens is 1. The first kappa shape index (κ1) is 12.8. The summed E-state index contributed by atoms with van der Waals surface area (Å²) in [6, 6.07) is 1.85. The molecule has 0 aromatic carbocycles. The van der Waals surface area contributed by atoms with E-state index in [-0.39, 0.29) is 0 Å². The fraction of sp³-hybridized carbons (Fsp3) is 0.167. The number of halogens is 1. The fourth-order valence-corrected chi connectivity index (χ4v) is 3.29. The molecule has 0 bridgehead atoms. The lowest BCUT2D eigenvalue weighted by molar-refractivity contribution is 0.414. The van der Waals surface area contributed by atoms with Crippen molar-refractivity contribution in [1.82, 2.24) is 15.0 Å². The van der Waals surface area contributed by atoms with Gasteiger partial charge in [-0.05, 0) is 0 Å². The second kappa shape index (κ2) is 5.40. The van der Waals surface area contributed by atoms with Crippen LogP contribution in [0.25, 0.3) is 11.0 Å². The van der Waals surface area contributed by atoms with Gasteiger partial charge in [-0.3, -0.25) is 4.98 Å². The van der Waals surface area contributed by atoms with Crippen LogP contribution in [-0.2, 0) is 5.75 Å². The topological polar surface area (TPSA) is 50.8 Å². The Morgan fingerprint density at radius 1 is 1.47 bits per heavy atom. The number of thiophene rings is 1. The highest BCUT2D eigenvalue weighted by atomic mass is 35.5. The summed E-state index contributed by atoms with van der Waals surface area (Å²) in [5, 5.41) is 5.50. The molecular formula is C12H10ClN3OS2. The van der Waals surface area contributed by atoms with Crippen molar-refractivity contribution in [3.63, 3.8) is 0 Å². The number of methoxy groups -OCH3 is 1. The molecule has 0 unspecified atom stereocenters. The summed E-state index contributed by atoms with van der Waals surface area (Å²) in [5.41, 5.74) is 2.99. The molecule has 0 aliphatic heterocycles. The minimum absolute atomic E-state index is 0.523. The first-order chi connectivity index (χ1) is 9.26. The van der Waals surface area contributed by atoms with Gasteiger partial charge < -0.3 is 9.72 Å². The van der Waals surface area contributed by atoms with Gasteiger partial charge in [-0.15, -0.1) is 11.3 Å². The van der Waals surface area contributed by atoms with Crippen molar-refractivity contribution in [1.29, 1.82) is 0 Å². The van der Waals surface area contributed by atoms with Crippen LogP contribution in [0.2, 0.25) is 5.02 Å². The van der Waals surface area contributed by atoms with Gasteiger partial charge in [0.05, 0.1) is 18.3 Å². The molecule has 19 heavy (non-hydrogen) atoms. The van der Waals surface area contributed by atoms with Crippen molar-refractivity contribution in [3.8, 4) is 5.75 Å². The minimum Gasteiger partial charge on any atom is -0.495 e. The van der Waals surface area contributed by atoms with Gasteiger partial charge in [0.15, 0.2) is 5.16 Å². The van der Waals surface area contributed by atoms with E-state index in [9.17, 15) is 0 Å².